The summed E-state index contributed by atoms with van der Waals surface area (Å²) >= 11 is 5.23. The monoisotopic (exact) mass is 408 g/mol. The maximum Gasteiger partial charge on any atom is 0.308 e. The average Bonchev–Trinajstić information content (AvgIpc) is 2.67. The Morgan fingerprint density at radius 3 is 2.89 bits per heavy atom. The number of carbonyl (C=O) groups is 3. The number of nitro groups is 1. The second kappa shape index (κ2) is 9.74. The largest absolute Gasteiger partial charge is 0.466 e. The molecule has 0 spiro atoms. The molecule has 1 aliphatic rings. The van der Waals surface area contributed by atoms with E-state index in [0.29, 0.717) is 19.5 Å². The van der Waals surface area contributed by atoms with Crippen LogP contribution in [0.15, 0.2) is 24.3 Å². The number of non-ortho nitro benzene ring substituents is 1. The molecule has 1 saturated heterocycles. The lowest BCUT2D eigenvalue weighted by Gasteiger charge is -2.36. The van der Waals surface area contributed by atoms with Gasteiger partial charge in [0.15, 0.2) is 5.11 Å². The van der Waals surface area contributed by atoms with E-state index in [-0.39, 0.29) is 29.4 Å². The Bertz CT molecular complexity index is 800. The normalized spacial score (nSPS) is 16.1. The van der Waals surface area contributed by atoms with Crippen molar-refractivity contribution in [2.24, 2.45) is 0 Å². The molecule has 28 heavy (non-hydrogen) atoms. The number of thiocarbonyl (C=S) groups is 1. The van der Waals surface area contributed by atoms with E-state index in [9.17, 15) is 24.5 Å². The lowest BCUT2D eigenvalue weighted by atomic mass is 10.1. The summed E-state index contributed by atoms with van der Waals surface area (Å²) in [6.45, 7) is 2.70. The quantitative estimate of drug-likeness (QED) is 0.305. The van der Waals surface area contributed by atoms with Gasteiger partial charge in [-0.15, -0.1) is 0 Å². The molecule has 150 valence electrons. The standard InChI is InChI=1S/C17H20N4O6S/c1-2-8-27-14(22)10-13-16(24)18-6-7-20(13)17(28)19-15(23)11-4-3-5-12(9-11)21(25)26/h3-5,9,13H,2,6-8,10H2,1H3,(H,18,24)(H,19,23,28). The molecule has 0 aliphatic carbocycles. The fourth-order valence-electron chi connectivity index (χ4n) is 2.60. The Hall–Kier alpha value is -3.08. The van der Waals surface area contributed by atoms with Crippen LogP contribution >= 0.6 is 12.2 Å². The highest BCUT2D eigenvalue weighted by molar-refractivity contribution is 7.80. The molecule has 1 unspecified atom stereocenters. The first-order valence-electron chi connectivity index (χ1n) is 8.63. The number of esters is 1. The lowest BCUT2D eigenvalue weighted by Crippen LogP contribution is -2.60. The van der Waals surface area contributed by atoms with E-state index >= 15 is 0 Å². The Morgan fingerprint density at radius 2 is 2.21 bits per heavy atom. The van der Waals surface area contributed by atoms with Gasteiger partial charge in [0.2, 0.25) is 5.91 Å². The first kappa shape index (κ1) is 21.2. The predicted molar refractivity (Wildman–Crippen MR) is 103 cm³/mol. The molecule has 0 bridgehead atoms. The van der Waals surface area contributed by atoms with E-state index in [2.05, 4.69) is 10.6 Å². The lowest BCUT2D eigenvalue weighted by molar-refractivity contribution is -0.384. The molecule has 1 aromatic carbocycles. The fraction of sp³-hybridized carbons (Fsp3) is 0.412. The van der Waals surface area contributed by atoms with Crippen molar-refractivity contribution in [3.05, 3.63) is 39.9 Å². The van der Waals surface area contributed by atoms with Crippen LogP contribution in [0.2, 0.25) is 0 Å². The van der Waals surface area contributed by atoms with Gasteiger partial charge in [0.1, 0.15) is 6.04 Å². The maximum absolute atomic E-state index is 12.4. The molecule has 2 amide bonds. The van der Waals surface area contributed by atoms with E-state index in [1.54, 1.807) is 0 Å². The van der Waals surface area contributed by atoms with Crippen LogP contribution < -0.4 is 10.6 Å². The molecule has 2 rings (SSSR count). The maximum atomic E-state index is 12.4. The first-order valence-corrected chi connectivity index (χ1v) is 9.04. The SMILES string of the molecule is CCCOC(=O)CC1C(=O)NCCN1C(=S)NC(=O)c1cccc([N+](=O)[O-])c1. The van der Waals surface area contributed by atoms with Gasteiger partial charge in [-0.2, -0.15) is 0 Å². The molecule has 0 saturated carbocycles. The van der Waals surface area contributed by atoms with Crippen LogP contribution in [0.4, 0.5) is 5.69 Å². The summed E-state index contributed by atoms with van der Waals surface area (Å²) in [4.78, 5) is 48.2. The number of hydrogen-bond acceptors (Lipinski definition) is 7. The zero-order valence-corrected chi connectivity index (χ0v) is 16.0. The fourth-order valence-corrected chi connectivity index (χ4v) is 2.91. The topological polar surface area (TPSA) is 131 Å². The van der Waals surface area contributed by atoms with Crippen LogP contribution in [0.3, 0.4) is 0 Å². The molecule has 10 nitrogen and oxygen atoms in total. The van der Waals surface area contributed by atoms with Gasteiger partial charge >= 0.3 is 5.97 Å². The van der Waals surface area contributed by atoms with Crippen molar-refractivity contribution in [1.82, 2.24) is 15.5 Å². The van der Waals surface area contributed by atoms with Crippen LogP contribution in [0.1, 0.15) is 30.1 Å². The zero-order valence-electron chi connectivity index (χ0n) is 15.2. The molecule has 1 aromatic rings. The number of hydrogen-bond donors (Lipinski definition) is 2. The molecule has 1 fully saturated rings. The van der Waals surface area contributed by atoms with Gasteiger partial charge in [-0.25, -0.2) is 0 Å². The number of ether oxygens (including phenoxy) is 1. The average molecular weight is 408 g/mol. The van der Waals surface area contributed by atoms with Crippen LogP contribution in [0.25, 0.3) is 0 Å². The molecule has 11 heteroatoms. The third-order valence-electron chi connectivity index (χ3n) is 3.96. The second-order valence-electron chi connectivity index (χ2n) is 5.99. The highest BCUT2D eigenvalue weighted by Crippen LogP contribution is 2.14. The van der Waals surface area contributed by atoms with Crippen LogP contribution in [-0.2, 0) is 14.3 Å². The Balaban J connectivity index is 2.08. The summed E-state index contributed by atoms with van der Waals surface area (Å²) in [5.74, 6) is -1.58. The molecular formula is C17H20N4O6S. The highest BCUT2D eigenvalue weighted by Gasteiger charge is 2.34. The number of benzene rings is 1. The number of piperazine rings is 1. The second-order valence-corrected chi connectivity index (χ2v) is 6.38. The number of carbonyl (C=O) groups excluding carboxylic acids is 3. The third kappa shape index (κ3) is 5.46. The summed E-state index contributed by atoms with van der Waals surface area (Å²) < 4.78 is 5.02. The minimum absolute atomic E-state index is 0.0420. The summed E-state index contributed by atoms with van der Waals surface area (Å²) in [5.41, 5.74) is -0.176. The molecule has 1 aliphatic heterocycles. The molecule has 2 N–H and O–H groups in total. The van der Waals surface area contributed by atoms with E-state index in [4.69, 9.17) is 17.0 Å². The van der Waals surface area contributed by atoms with Gasteiger partial charge in [-0.1, -0.05) is 13.0 Å². The van der Waals surface area contributed by atoms with Crippen molar-refractivity contribution in [2.75, 3.05) is 19.7 Å². The minimum Gasteiger partial charge on any atom is -0.466 e. The summed E-state index contributed by atoms with van der Waals surface area (Å²) in [6.07, 6.45) is 0.447. The van der Waals surface area contributed by atoms with E-state index in [1.807, 2.05) is 6.92 Å². The van der Waals surface area contributed by atoms with Gasteiger partial charge in [-0.05, 0) is 24.7 Å². The Morgan fingerprint density at radius 1 is 1.46 bits per heavy atom. The van der Waals surface area contributed by atoms with Crippen molar-refractivity contribution in [1.29, 1.82) is 0 Å². The zero-order chi connectivity index (χ0) is 20.7. The van der Waals surface area contributed by atoms with Crippen molar-refractivity contribution in [2.45, 2.75) is 25.8 Å². The summed E-state index contributed by atoms with van der Waals surface area (Å²) in [5, 5.41) is 15.9. The molecule has 1 atom stereocenters. The highest BCUT2D eigenvalue weighted by atomic mass is 32.1. The molecule has 1 heterocycles. The first-order chi connectivity index (χ1) is 13.3. The van der Waals surface area contributed by atoms with Crippen molar-refractivity contribution in [3.8, 4) is 0 Å². The van der Waals surface area contributed by atoms with Gasteiger partial charge in [0.25, 0.3) is 11.6 Å². The number of nitrogens with one attached hydrogen (secondary N) is 2. The predicted octanol–water partition coefficient (Wildman–Crippen LogP) is 0.753. The summed E-state index contributed by atoms with van der Waals surface area (Å²) in [7, 11) is 0. The van der Waals surface area contributed by atoms with Gasteiger partial charge in [0, 0.05) is 30.8 Å². The molecular weight excluding hydrogens is 388 g/mol. The van der Waals surface area contributed by atoms with Crippen molar-refractivity contribution >= 4 is 40.8 Å². The van der Waals surface area contributed by atoms with Crippen molar-refractivity contribution in [3.63, 3.8) is 0 Å². The van der Waals surface area contributed by atoms with Crippen molar-refractivity contribution < 1.29 is 24.0 Å². The van der Waals surface area contributed by atoms with Crippen LogP contribution in [-0.4, -0.2) is 58.5 Å². The van der Waals surface area contributed by atoms with Gasteiger partial charge in [-0.3, -0.25) is 29.8 Å². The van der Waals surface area contributed by atoms with Gasteiger partial charge in [0.05, 0.1) is 18.0 Å². The number of nitro benzene ring substituents is 1. The Kier molecular flexibility index (Phi) is 7.38. The van der Waals surface area contributed by atoms with Gasteiger partial charge < -0.3 is 15.0 Å². The minimum atomic E-state index is -0.906. The van der Waals surface area contributed by atoms with Crippen LogP contribution in [0, 0.1) is 10.1 Å². The van der Waals surface area contributed by atoms with Crippen LogP contribution in [0.5, 0.6) is 0 Å². The third-order valence-corrected chi connectivity index (χ3v) is 4.30. The Labute approximate surface area is 166 Å². The number of nitrogens with zero attached hydrogens (tertiary/aromatic N) is 2. The van der Waals surface area contributed by atoms with E-state index in [0.717, 1.165) is 6.07 Å². The van der Waals surface area contributed by atoms with E-state index < -0.39 is 28.7 Å². The molecule has 0 radical (unpaired) electrons. The summed E-state index contributed by atoms with van der Waals surface area (Å²) in [6, 6.07) is 4.28. The number of rotatable bonds is 6. The van der Waals surface area contributed by atoms with E-state index in [1.165, 1.54) is 23.1 Å². The molecule has 0 aromatic heterocycles. The smallest absolute Gasteiger partial charge is 0.308 e. The number of amides is 2.